The topological polar surface area (TPSA) is 30.5 Å². The Morgan fingerprint density at radius 3 is 2.57 bits per heavy atom. The summed E-state index contributed by atoms with van der Waals surface area (Å²) in [6.45, 7) is 12.5. The molecule has 118 valence electrons. The van der Waals surface area contributed by atoms with Crippen LogP contribution in [-0.2, 0) is 11.3 Å². The number of para-hydroxylation sites is 1. The standard InChI is InChI=1S/C18H29NO2/c1-6-11-19-13-14-9-7-8-10-15(14)20-16-12-17(2,3)21-18(16,4)5/h7-10,16,19H,6,11-13H2,1-5H3. The molecule has 3 heteroatoms. The fourth-order valence-electron chi connectivity index (χ4n) is 3.01. The van der Waals surface area contributed by atoms with E-state index in [0.29, 0.717) is 0 Å². The summed E-state index contributed by atoms with van der Waals surface area (Å²) in [4.78, 5) is 0. The van der Waals surface area contributed by atoms with Gasteiger partial charge in [-0.15, -0.1) is 0 Å². The molecule has 0 saturated carbocycles. The van der Waals surface area contributed by atoms with Gasteiger partial charge in [0.05, 0.1) is 5.60 Å². The number of hydrogen-bond donors (Lipinski definition) is 1. The van der Waals surface area contributed by atoms with Crippen LogP contribution in [0, 0.1) is 0 Å². The van der Waals surface area contributed by atoms with Crippen molar-refractivity contribution < 1.29 is 9.47 Å². The van der Waals surface area contributed by atoms with E-state index < -0.39 is 0 Å². The van der Waals surface area contributed by atoms with Crippen LogP contribution < -0.4 is 10.1 Å². The van der Waals surface area contributed by atoms with Crippen molar-refractivity contribution in [2.75, 3.05) is 6.54 Å². The molecular formula is C18H29NO2. The fraction of sp³-hybridized carbons (Fsp3) is 0.667. The smallest absolute Gasteiger partial charge is 0.130 e. The van der Waals surface area contributed by atoms with Crippen LogP contribution in [-0.4, -0.2) is 23.9 Å². The van der Waals surface area contributed by atoms with Crippen molar-refractivity contribution in [1.82, 2.24) is 5.32 Å². The molecule has 0 radical (unpaired) electrons. The first-order chi connectivity index (χ1) is 9.84. The SMILES string of the molecule is CCCNCc1ccccc1OC1CC(C)(C)OC1(C)C. The van der Waals surface area contributed by atoms with Gasteiger partial charge in [-0.25, -0.2) is 0 Å². The Bertz CT molecular complexity index is 468. The van der Waals surface area contributed by atoms with Crippen molar-refractivity contribution in [1.29, 1.82) is 0 Å². The van der Waals surface area contributed by atoms with Crippen molar-refractivity contribution >= 4 is 0 Å². The monoisotopic (exact) mass is 291 g/mol. The number of rotatable bonds is 6. The van der Waals surface area contributed by atoms with Crippen LogP contribution in [0.25, 0.3) is 0 Å². The maximum atomic E-state index is 6.32. The van der Waals surface area contributed by atoms with E-state index in [9.17, 15) is 0 Å². The normalized spacial score (nSPS) is 23.2. The van der Waals surface area contributed by atoms with Gasteiger partial charge in [0.15, 0.2) is 0 Å². The molecule has 1 N–H and O–H groups in total. The van der Waals surface area contributed by atoms with Crippen LogP contribution >= 0.6 is 0 Å². The largest absolute Gasteiger partial charge is 0.487 e. The molecule has 0 bridgehead atoms. The zero-order valence-corrected chi connectivity index (χ0v) is 14.0. The second kappa shape index (κ2) is 6.37. The Morgan fingerprint density at radius 2 is 1.95 bits per heavy atom. The van der Waals surface area contributed by atoms with E-state index in [1.807, 2.05) is 6.07 Å². The molecule has 21 heavy (non-hydrogen) atoms. The first kappa shape index (κ1) is 16.3. The molecule has 1 atom stereocenters. The fourth-order valence-corrected chi connectivity index (χ4v) is 3.01. The van der Waals surface area contributed by atoms with Gasteiger partial charge in [-0.05, 0) is 46.7 Å². The van der Waals surface area contributed by atoms with Crippen molar-refractivity contribution in [2.45, 2.75) is 71.3 Å². The molecule has 1 aromatic rings. The molecule has 1 heterocycles. The van der Waals surface area contributed by atoms with Gasteiger partial charge in [0, 0.05) is 18.5 Å². The van der Waals surface area contributed by atoms with E-state index in [4.69, 9.17) is 9.47 Å². The van der Waals surface area contributed by atoms with Gasteiger partial charge in [-0.1, -0.05) is 25.1 Å². The third kappa shape index (κ3) is 4.21. The van der Waals surface area contributed by atoms with Crippen LogP contribution in [0.2, 0.25) is 0 Å². The molecule has 0 amide bonds. The van der Waals surface area contributed by atoms with E-state index in [0.717, 1.165) is 31.7 Å². The van der Waals surface area contributed by atoms with Crippen LogP contribution in [0.1, 0.15) is 53.0 Å². The highest BCUT2D eigenvalue weighted by molar-refractivity contribution is 5.33. The Hall–Kier alpha value is -1.06. The third-order valence-electron chi connectivity index (χ3n) is 3.98. The second-order valence-electron chi connectivity index (χ2n) is 7.06. The predicted octanol–water partition coefficient (Wildman–Crippen LogP) is 3.91. The Balaban J connectivity index is 2.09. The second-order valence-corrected chi connectivity index (χ2v) is 7.06. The average Bonchev–Trinajstić information content (AvgIpc) is 2.59. The summed E-state index contributed by atoms with van der Waals surface area (Å²) in [6.07, 6.45) is 2.14. The summed E-state index contributed by atoms with van der Waals surface area (Å²) in [7, 11) is 0. The zero-order valence-electron chi connectivity index (χ0n) is 14.0. The first-order valence-electron chi connectivity index (χ1n) is 7.99. The molecule has 1 saturated heterocycles. The van der Waals surface area contributed by atoms with Gasteiger partial charge in [0.2, 0.25) is 0 Å². The van der Waals surface area contributed by atoms with Crippen LogP contribution in [0.15, 0.2) is 24.3 Å². The Morgan fingerprint density at radius 1 is 1.24 bits per heavy atom. The zero-order chi connectivity index (χ0) is 15.5. The molecule has 1 aliphatic rings. The summed E-state index contributed by atoms with van der Waals surface area (Å²) < 4.78 is 12.4. The van der Waals surface area contributed by atoms with Gasteiger partial charge in [-0.2, -0.15) is 0 Å². The molecule has 0 spiro atoms. The van der Waals surface area contributed by atoms with Crippen molar-refractivity contribution in [3.8, 4) is 5.75 Å². The van der Waals surface area contributed by atoms with Crippen LogP contribution in [0.4, 0.5) is 0 Å². The lowest BCUT2D eigenvalue weighted by molar-refractivity contribution is -0.0846. The molecule has 1 aliphatic heterocycles. The Labute approximate surface area is 129 Å². The van der Waals surface area contributed by atoms with E-state index in [1.54, 1.807) is 0 Å². The minimum absolute atomic E-state index is 0.0832. The number of benzene rings is 1. The van der Waals surface area contributed by atoms with E-state index in [-0.39, 0.29) is 17.3 Å². The number of nitrogens with one attached hydrogen (secondary N) is 1. The summed E-state index contributed by atoms with van der Waals surface area (Å²) in [6, 6.07) is 8.29. The summed E-state index contributed by atoms with van der Waals surface area (Å²) >= 11 is 0. The van der Waals surface area contributed by atoms with Crippen molar-refractivity contribution in [3.05, 3.63) is 29.8 Å². The minimum Gasteiger partial charge on any atom is -0.487 e. The summed E-state index contributed by atoms with van der Waals surface area (Å²) in [5, 5.41) is 3.44. The lowest BCUT2D eigenvalue weighted by Crippen LogP contribution is -2.37. The van der Waals surface area contributed by atoms with E-state index in [2.05, 4.69) is 58.1 Å². The predicted molar refractivity (Wildman–Crippen MR) is 86.7 cm³/mol. The average molecular weight is 291 g/mol. The molecule has 1 aromatic carbocycles. The molecule has 1 fully saturated rings. The first-order valence-corrected chi connectivity index (χ1v) is 7.99. The molecular weight excluding hydrogens is 262 g/mol. The number of hydrogen-bond acceptors (Lipinski definition) is 3. The molecule has 3 nitrogen and oxygen atoms in total. The maximum Gasteiger partial charge on any atom is 0.130 e. The van der Waals surface area contributed by atoms with Crippen molar-refractivity contribution in [2.24, 2.45) is 0 Å². The van der Waals surface area contributed by atoms with Gasteiger partial charge in [0.1, 0.15) is 17.5 Å². The van der Waals surface area contributed by atoms with Gasteiger partial charge in [0.25, 0.3) is 0 Å². The molecule has 2 rings (SSSR count). The molecule has 0 aromatic heterocycles. The van der Waals surface area contributed by atoms with Crippen LogP contribution in [0.5, 0.6) is 5.75 Å². The van der Waals surface area contributed by atoms with E-state index in [1.165, 1.54) is 5.56 Å². The third-order valence-corrected chi connectivity index (χ3v) is 3.98. The summed E-state index contributed by atoms with van der Waals surface area (Å²) in [5.74, 6) is 0.973. The molecule has 1 unspecified atom stereocenters. The maximum absolute atomic E-state index is 6.32. The van der Waals surface area contributed by atoms with Gasteiger partial charge < -0.3 is 14.8 Å². The van der Waals surface area contributed by atoms with Gasteiger partial charge in [-0.3, -0.25) is 0 Å². The highest BCUT2D eigenvalue weighted by atomic mass is 16.6. The highest BCUT2D eigenvalue weighted by Gasteiger charge is 2.47. The lowest BCUT2D eigenvalue weighted by Gasteiger charge is -2.28. The van der Waals surface area contributed by atoms with Crippen molar-refractivity contribution in [3.63, 3.8) is 0 Å². The minimum atomic E-state index is -0.256. The highest BCUT2D eigenvalue weighted by Crippen LogP contribution is 2.40. The van der Waals surface area contributed by atoms with Gasteiger partial charge >= 0.3 is 0 Å². The summed E-state index contributed by atoms with van der Waals surface area (Å²) in [5.41, 5.74) is 0.836. The Kier molecular flexibility index (Phi) is 4.95. The van der Waals surface area contributed by atoms with E-state index >= 15 is 0 Å². The molecule has 0 aliphatic carbocycles. The number of ether oxygens (including phenoxy) is 2. The quantitative estimate of drug-likeness (QED) is 0.806. The lowest BCUT2D eigenvalue weighted by atomic mass is 9.97. The van der Waals surface area contributed by atoms with Crippen LogP contribution in [0.3, 0.4) is 0 Å².